The first kappa shape index (κ1) is 18.4. The number of nitrogens with zero attached hydrogens (tertiary/aromatic N) is 1. The van der Waals surface area contributed by atoms with Crippen molar-refractivity contribution in [1.82, 2.24) is 10.3 Å². The normalized spacial score (nSPS) is 12.3. The Morgan fingerprint density at radius 2 is 1.92 bits per heavy atom. The molecule has 0 bridgehead atoms. The van der Waals surface area contributed by atoms with Crippen molar-refractivity contribution < 1.29 is 18.0 Å². The van der Waals surface area contributed by atoms with Crippen LogP contribution in [0.3, 0.4) is 0 Å². The number of amides is 1. The molecule has 1 amide bonds. The summed E-state index contributed by atoms with van der Waals surface area (Å²) >= 11 is 1.31. The van der Waals surface area contributed by atoms with E-state index in [0.717, 1.165) is 17.1 Å². The first-order valence-corrected chi connectivity index (χ1v) is 8.22. The lowest BCUT2D eigenvalue weighted by Crippen LogP contribution is -2.22. The number of carbonyl (C=O) groups is 1. The maximum atomic E-state index is 12.7. The van der Waals surface area contributed by atoms with Crippen LogP contribution in [0.25, 0.3) is 0 Å². The summed E-state index contributed by atoms with van der Waals surface area (Å²) < 4.78 is 38.1. The molecule has 0 unspecified atom stereocenters. The predicted molar refractivity (Wildman–Crippen MR) is 88.2 cm³/mol. The van der Waals surface area contributed by atoms with E-state index < -0.39 is 11.7 Å². The van der Waals surface area contributed by atoms with E-state index in [2.05, 4.69) is 10.3 Å². The van der Waals surface area contributed by atoms with E-state index in [1.54, 1.807) is 13.0 Å². The molecule has 0 fully saturated rings. The smallest absolute Gasteiger partial charge is 0.347 e. The fourth-order valence-corrected chi connectivity index (χ4v) is 3.09. The topological polar surface area (TPSA) is 42.0 Å². The van der Waals surface area contributed by atoms with Crippen LogP contribution in [-0.4, -0.2) is 10.9 Å². The molecule has 7 heteroatoms. The van der Waals surface area contributed by atoms with Gasteiger partial charge in [-0.15, -0.1) is 11.3 Å². The van der Waals surface area contributed by atoms with Gasteiger partial charge in [-0.3, -0.25) is 4.79 Å². The van der Waals surface area contributed by atoms with E-state index >= 15 is 0 Å². The zero-order valence-corrected chi connectivity index (χ0v) is 14.7. The van der Waals surface area contributed by atoms with Gasteiger partial charge in [0.25, 0.3) is 5.91 Å². The van der Waals surface area contributed by atoms with Crippen LogP contribution in [0, 0.1) is 6.92 Å². The number of hydrogen-bond acceptors (Lipinski definition) is 3. The highest BCUT2D eigenvalue weighted by atomic mass is 32.1. The fraction of sp³-hybridized carbons (Fsp3) is 0.412. The van der Waals surface area contributed by atoms with E-state index in [1.807, 2.05) is 20.8 Å². The van der Waals surface area contributed by atoms with Crippen molar-refractivity contribution in [1.29, 1.82) is 0 Å². The minimum absolute atomic E-state index is 0.0327. The van der Waals surface area contributed by atoms with Gasteiger partial charge in [-0.25, -0.2) is 4.98 Å². The Bertz CT molecular complexity index is 745. The quantitative estimate of drug-likeness (QED) is 0.866. The van der Waals surface area contributed by atoms with Crippen molar-refractivity contribution in [3.05, 3.63) is 51.0 Å². The van der Waals surface area contributed by atoms with Gasteiger partial charge in [0.15, 0.2) is 0 Å². The van der Waals surface area contributed by atoms with Gasteiger partial charge in [0, 0.05) is 12.0 Å². The highest BCUT2D eigenvalue weighted by Gasteiger charge is 2.30. The molecule has 0 aliphatic rings. The number of aryl methyl sites for hydroxylation is 1. The Labute approximate surface area is 142 Å². The number of aromatic nitrogens is 1. The minimum Gasteiger partial charge on any atom is -0.347 e. The minimum atomic E-state index is -4.39. The van der Waals surface area contributed by atoms with Crippen LogP contribution in [0.4, 0.5) is 13.2 Å². The Morgan fingerprint density at radius 3 is 2.46 bits per heavy atom. The van der Waals surface area contributed by atoms with Crippen LogP contribution in [0.5, 0.6) is 0 Å². The second-order valence-corrected chi connectivity index (χ2v) is 7.56. The standard InChI is InChI=1S/C17H19F3N2OS/c1-10-13(24-15(22-10)16(2,3)4)14(23)21-9-11-6-5-7-12(8-11)17(18,19)20/h5-8H,9H2,1-4H3,(H,21,23). The third-order valence-corrected chi connectivity index (χ3v) is 4.93. The lowest BCUT2D eigenvalue weighted by atomic mass is 9.98. The molecule has 0 saturated heterocycles. The zero-order chi connectivity index (χ0) is 18.1. The van der Waals surface area contributed by atoms with Crippen LogP contribution >= 0.6 is 11.3 Å². The van der Waals surface area contributed by atoms with Crippen LogP contribution in [0.15, 0.2) is 24.3 Å². The second-order valence-electron chi connectivity index (χ2n) is 6.56. The van der Waals surface area contributed by atoms with Crippen LogP contribution in [-0.2, 0) is 18.1 Å². The van der Waals surface area contributed by atoms with Crippen LogP contribution in [0.2, 0.25) is 0 Å². The third-order valence-electron chi connectivity index (χ3n) is 3.35. The molecule has 24 heavy (non-hydrogen) atoms. The predicted octanol–water partition coefficient (Wildman–Crippen LogP) is 4.70. The summed E-state index contributed by atoms with van der Waals surface area (Å²) in [5.41, 5.74) is 0.149. The summed E-state index contributed by atoms with van der Waals surface area (Å²) in [5, 5.41) is 3.51. The van der Waals surface area contributed by atoms with E-state index in [4.69, 9.17) is 0 Å². The van der Waals surface area contributed by atoms with Crippen molar-refractivity contribution in [3.8, 4) is 0 Å². The molecule has 1 heterocycles. The lowest BCUT2D eigenvalue weighted by molar-refractivity contribution is -0.137. The molecular weight excluding hydrogens is 337 g/mol. The Hall–Kier alpha value is -1.89. The van der Waals surface area contributed by atoms with Gasteiger partial charge in [-0.2, -0.15) is 13.2 Å². The molecule has 130 valence electrons. The summed E-state index contributed by atoms with van der Waals surface area (Å²) in [7, 11) is 0. The van der Waals surface area contributed by atoms with Crippen molar-refractivity contribution in [2.45, 2.75) is 45.8 Å². The number of carbonyl (C=O) groups excluding carboxylic acids is 1. The Morgan fingerprint density at radius 1 is 1.25 bits per heavy atom. The largest absolute Gasteiger partial charge is 0.416 e. The van der Waals surface area contributed by atoms with Crippen molar-refractivity contribution in [3.63, 3.8) is 0 Å². The molecule has 0 atom stereocenters. The molecular formula is C17H19F3N2OS. The van der Waals surface area contributed by atoms with Gasteiger partial charge >= 0.3 is 6.18 Å². The number of hydrogen-bond donors (Lipinski definition) is 1. The first-order chi connectivity index (χ1) is 11.0. The molecule has 2 rings (SSSR count). The number of halogens is 3. The third kappa shape index (κ3) is 4.35. The highest BCUT2D eigenvalue weighted by Crippen LogP contribution is 2.30. The molecule has 1 aromatic heterocycles. The highest BCUT2D eigenvalue weighted by molar-refractivity contribution is 7.14. The van der Waals surface area contributed by atoms with Crippen LogP contribution < -0.4 is 5.32 Å². The Kier molecular flexibility index (Phi) is 5.03. The number of alkyl halides is 3. The van der Waals surface area contributed by atoms with Crippen molar-refractivity contribution in [2.24, 2.45) is 0 Å². The van der Waals surface area contributed by atoms with Gasteiger partial charge in [0.1, 0.15) is 4.88 Å². The SMILES string of the molecule is Cc1nc(C(C)(C)C)sc1C(=O)NCc1cccc(C(F)(F)F)c1. The van der Waals surface area contributed by atoms with Gasteiger partial charge in [0.2, 0.25) is 0 Å². The number of rotatable bonds is 3. The molecule has 0 aliphatic heterocycles. The average molecular weight is 356 g/mol. The van der Waals surface area contributed by atoms with Gasteiger partial charge < -0.3 is 5.32 Å². The molecule has 0 radical (unpaired) electrons. The van der Waals surface area contributed by atoms with E-state index in [0.29, 0.717) is 16.1 Å². The molecule has 1 N–H and O–H groups in total. The maximum Gasteiger partial charge on any atom is 0.416 e. The second kappa shape index (κ2) is 6.55. The maximum absolute atomic E-state index is 12.7. The summed E-state index contributed by atoms with van der Waals surface area (Å²) in [6.07, 6.45) is -4.39. The summed E-state index contributed by atoms with van der Waals surface area (Å²) in [6, 6.07) is 4.93. The summed E-state index contributed by atoms with van der Waals surface area (Å²) in [6.45, 7) is 7.82. The van der Waals surface area contributed by atoms with Gasteiger partial charge in [-0.1, -0.05) is 32.9 Å². The molecule has 0 spiro atoms. The number of benzene rings is 1. The van der Waals surface area contributed by atoms with Crippen molar-refractivity contribution >= 4 is 17.2 Å². The molecule has 2 aromatic rings. The van der Waals surface area contributed by atoms with Crippen molar-refractivity contribution in [2.75, 3.05) is 0 Å². The zero-order valence-electron chi connectivity index (χ0n) is 13.9. The van der Waals surface area contributed by atoms with E-state index in [9.17, 15) is 18.0 Å². The summed E-state index contributed by atoms with van der Waals surface area (Å²) in [5.74, 6) is -0.321. The molecule has 0 saturated carbocycles. The van der Waals surface area contributed by atoms with Gasteiger partial charge in [-0.05, 0) is 24.6 Å². The van der Waals surface area contributed by atoms with E-state index in [1.165, 1.54) is 17.4 Å². The van der Waals surface area contributed by atoms with E-state index in [-0.39, 0.29) is 17.9 Å². The fourth-order valence-electron chi connectivity index (χ4n) is 2.05. The number of thiazole rings is 1. The molecule has 0 aliphatic carbocycles. The number of nitrogens with one attached hydrogen (secondary N) is 1. The summed E-state index contributed by atoms with van der Waals surface area (Å²) in [4.78, 5) is 17.2. The Balaban J connectivity index is 2.10. The first-order valence-electron chi connectivity index (χ1n) is 7.41. The lowest BCUT2D eigenvalue weighted by Gasteiger charge is -2.13. The average Bonchev–Trinajstić information content (AvgIpc) is 2.86. The van der Waals surface area contributed by atoms with Gasteiger partial charge in [0.05, 0.1) is 16.3 Å². The molecule has 3 nitrogen and oxygen atoms in total. The monoisotopic (exact) mass is 356 g/mol. The molecule has 1 aromatic carbocycles. The van der Waals surface area contributed by atoms with Crippen LogP contribution in [0.1, 0.15) is 52.3 Å².